The van der Waals surface area contributed by atoms with Crippen molar-refractivity contribution in [1.82, 2.24) is 19.9 Å². The van der Waals surface area contributed by atoms with Gasteiger partial charge in [-0.1, -0.05) is 17.4 Å². The van der Waals surface area contributed by atoms with Gasteiger partial charge >= 0.3 is 0 Å². The molecule has 0 amide bonds. The summed E-state index contributed by atoms with van der Waals surface area (Å²) in [6, 6.07) is 14.2. The van der Waals surface area contributed by atoms with E-state index in [0.717, 1.165) is 48.9 Å². The summed E-state index contributed by atoms with van der Waals surface area (Å²) in [7, 11) is 1.64. The molecular formula is C20H15N5OS. The lowest BCUT2D eigenvalue weighted by Crippen LogP contribution is -1.88. The highest BCUT2D eigenvalue weighted by Crippen LogP contribution is 2.32. The number of methoxy groups -OCH3 is 1. The number of rotatable bonds is 4. The lowest BCUT2D eigenvalue weighted by atomic mass is 10.1. The maximum Gasteiger partial charge on any atom is 0.188 e. The van der Waals surface area contributed by atoms with Gasteiger partial charge in [-0.15, -0.1) is 0 Å². The van der Waals surface area contributed by atoms with E-state index in [2.05, 4.69) is 37.4 Å². The Morgan fingerprint density at radius 2 is 1.93 bits per heavy atom. The van der Waals surface area contributed by atoms with E-state index in [-0.39, 0.29) is 0 Å². The van der Waals surface area contributed by atoms with Crippen LogP contribution in [-0.4, -0.2) is 27.0 Å². The molecule has 5 aromatic rings. The molecule has 2 N–H and O–H groups in total. The number of H-pyrrole nitrogens is 1. The quantitative estimate of drug-likeness (QED) is 0.464. The van der Waals surface area contributed by atoms with Crippen LogP contribution in [0.4, 0.5) is 10.8 Å². The zero-order valence-electron chi connectivity index (χ0n) is 14.4. The van der Waals surface area contributed by atoms with Crippen LogP contribution in [0.3, 0.4) is 0 Å². The standard InChI is InChI=1S/C20H15N5OS/c1-26-15-6-13(9-21-10-15)12-2-4-17-19(7-12)27-20(25-17)24-14-3-5-16-18(8-14)23-11-22-16/h2-11H,1H3,(H,22,23)(H,24,25). The van der Waals surface area contributed by atoms with Crippen molar-refractivity contribution in [3.63, 3.8) is 0 Å². The normalized spacial score (nSPS) is 11.1. The number of hydrogen-bond acceptors (Lipinski definition) is 6. The summed E-state index contributed by atoms with van der Waals surface area (Å²) in [6.45, 7) is 0. The third-order valence-corrected chi connectivity index (χ3v) is 5.28. The molecule has 3 aromatic heterocycles. The summed E-state index contributed by atoms with van der Waals surface area (Å²) in [6.07, 6.45) is 5.23. The van der Waals surface area contributed by atoms with Crippen molar-refractivity contribution in [2.24, 2.45) is 0 Å². The molecule has 0 saturated carbocycles. The molecule has 0 aliphatic carbocycles. The van der Waals surface area contributed by atoms with Crippen molar-refractivity contribution in [1.29, 1.82) is 0 Å². The van der Waals surface area contributed by atoms with Crippen molar-refractivity contribution >= 4 is 43.4 Å². The predicted molar refractivity (Wildman–Crippen MR) is 109 cm³/mol. The molecule has 0 unspecified atom stereocenters. The van der Waals surface area contributed by atoms with Crippen LogP contribution in [0.15, 0.2) is 61.2 Å². The summed E-state index contributed by atoms with van der Waals surface area (Å²) in [5.74, 6) is 0.744. The van der Waals surface area contributed by atoms with Crippen molar-refractivity contribution in [2.75, 3.05) is 12.4 Å². The van der Waals surface area contributed by atoms with E-state index in [1.807, 2.05) is 36.5 Å². The van der Waals surface area contributed by atoms with Crippen LogP contribution in [0.5, 0.6) is 5.75 Å². The number of nitrogens with zero attached hydrogens (tertiary/aromatic N) is 3. The number of ether oxygens (including phenoxy) is 1. The monoisotopic (exact) mass is 373 g/mol. The number of imidazole rings is 1. The smallest absolute Gasteiger partial charge is 0.188 e. The summed E-state index contributed by atoms with van der Waals surface area (Å²) in [5, 5.41) is 4.23. The third kappa shape index (κ3) is 2.98. The Balaban J connectivity index is 1.47. The molecule has 3 heterocycles. The number of thiazole rings is 1. The van der Waals surface area contributed by atoms with Gasteiger partial charge in [-0.2, -0.15) is 0 Å². The Hall–Kier alpha value is -3.45. The molecule has 27 heavy (non-hydrogen) atoms. The first kappa shape index (κ1) is 15.8. The highest BCUT2D eigenvalue weighted by Gasteiger charge is 2.08. The third-order valence-electron chi connectivity index (χ3n) is 4.34. The second-order valence-corrected chi connectivity index (χ2v) is 7.11. The van der Waals surface area contributed by atoms with E-state index in [1.165, 1.54) is 0 Å². The molecular weight excluding hydrogens is 358 g/mol. The summed E-state index contributed by atoms with van der Waals surface area (Å²) in [5.41, 5.74) is 5.98. The minimum absolute atomic E-state index is 0.744. The number of aromatic nitrogens is 4. The number of hydrogen-bond donors (Lipinski definition) is 2. The summed E-state index contributed by atoms with van der Waals surface area (Å²) >= 11 is 1.62. The van der Waals surface area contributed by atoms with E-state index in [4.69, 9.17) is 4.74 Å². The molecule has 7 heteroatoms. The minimum atomic E-state index is 0.744. The lowest BCUT2D eigenvalue weighted by molar-refractivity contribution is 0.413. The Bertz CT molecular complexity index is 1260. The molecule has 0 fully saturated rings. The van der Waals surface area contributed by atoms with Crippen LogP contribution in [0.1, 0.15) is 0 Å². The van der Waals surface area contributed by atoms with Crippen LogP contribution in [0.2, 0.25) is 0 Å². The van der Waals surface area contributed by atoms with Gasteiger partial charge in [0.15, 0.2) is 5.13 Å². The zero-order valence-corrected chi connectivity index (χ0v) is 15.2. The van der Waals surface area contributed by atoms with Crippen LogP contribution in [0.25, 0.3) is 32.4 Å². The molecule has 0 bridgehead atoms. The van der Waals surface area contributed by atoms with Gasteiger partial charge in [0.25, 0.3) is 0 Å². The Morgan fingerprint density at radius 1 is 1.00 bits per heavy atom. The van der Waals surface area contributed by atoms with E-state index < -0.39 is 0 Å². The predicted octanol–water partition coefficient (Wildman–Crippen LogP) is 4.99. The maximum absolute atomic E-state index is 5.27. The summed E-state index contributed by atoms with van der Waals surface area (Å²) in [4.78, 5) is 16.3. The molecule has 2 aromatic carbocycles. The first-order chi connectivity index (χ1) is 13.3. The molecule has 0 aliphatic rings. The molecule has 6 nitrogen and oxygen atoms in total. The maximum atomic E-state index is 5.27. The van der Waals surface area contributed by atoms with Crippen LogP contribution in [-0.2, 0) is 0 Å². The van der Waals surface area contributed by atoms with Crippen molar-refractivity contribution in [2.45, 2.75) is 0 Å². The Morgan fingerprint density at radius 3 is 2.85 bits per heavy atom. The lowest BCUT2D eigenvalue weighted by Gasteiger charge is -2.03. The average molecular weight is 373 g/mol. The number of pyridine rings is 1. The number of anilines is 2. The minimum Gasteiger partial charge on any atom is -0.495 e. The molecule has 0 spiro atoms. The van der Waals surface area contributed by atoms with Crippen LogP contribution in [0, 0.1) is 0 Å². The Kier molecular flexibility index (Phi) is 3.72. The van der Waals surface area contributed by atoms with Crippen molar-refractivity contribution in [3.05, 3.63) is 61.2 Å². The van der Waals surface area contributed by atoms with Gasteiger partial charge in [0.1, 0.15) is 5.75 Å². The highest BCUT2D eigenvalue weighted by atomic mass is 32.1. The van der Waals surface area contributed by atoms with Gasteiger partial charge in [0.05, 0.1) is 40.9 Å². The highest BCUT2D eigenvalue weighted by molar-refractivity contribution is 7.22. The second kappa shape index (κ2) is 6.37. The van der Waals surface area contributed by atoms with Gasteiger partial charge in [0, 0.05) is 17.4 Å². The molecule has 0 radical (unpaired) electrons. The SMILES string of the molecule is COc1cncc(-c2ccc3nc(Nc4ccc5nc[nH]c5c4)sc3c2)c1. The molecule has 0 atom stereocenters. The van der Waals surface area contributed by atoms with E-state index >= 15 is 0 Å². The van der Waals surface area contributed by atoms with Crippen LogP contribution >= 0.6 is 11.3 Å². The van der Waals surface area contributed by atoms with E-state index in [9.17, 15) is 0 Å². The molecule has 0 aliphatic heterocycles. The van der Waals surface area contributed by atoms with Gasteiger partial charge in [-0.25, -0.2) is 9.97 Å². The second-order valence-electron chi connectivity index (χ2n) is 6.07. The first-order valence-electron chi connectivity index (χ1n) is 8.39. The fourth-order valence-electron chi connectivity index (χ4n) is 2.98. The van der Waals surface area contributed by atoms with Crippen molar-refractivity contribution < 1.29 is 4.74 Å². The summed E-state index contributed by atoms with van der Waals surface area (Å²) < 4.78 is 6.38. The van der Waals surface area contributed by atoms with Gasteiger partial charge in [0.2, 0.25) is 0 Å². The number of fused-ring (bicyclic) bond motifs is 2. The topological polar surface area (TPSA) is 75.7 Å². The average Bonchev–Trinajstić information content (AvgIpc) is 3.33. The molecule has 0 saturated heterocycles. The van der Waals surface area contributed by atoms with Crippen molar-refractivity contribution in [3.8, 4) is 16.9 Å². The fourth-order valence-corrected chi connectivity index (χ4v) is 3.91. The molecule has 5 rings (SSSR count). The zero-order chi connectivity index (χ0) is 18.2. The number of nitrogens with one attached hydrogen (secondary N) is 2. The van der Waals surface area contributed by atoms with Gasteiger partial charge in [-0.05, 0) is 42.0 Å². The fraction of sp³-hybridized carbons (Fsp3) is 0.0500. The van der Waals surface area contributed by atoms with Gasteiger partial charge < -0.3 is 15.0 Å². The van der Waals surface area contributed by atoms with Crippen LogP contribution < -0.4 is 10.1 Å². The molecule has 132 valence electrons. The number of aromatic amines is 1. The van der Waals surface area contributed by atoms with E-state index in [1.54, 1.807) is 31.0 Å². The largest absolute Gasteiger partial charge is 0.495 e. The van der Waals surface area contributed by atoms with E-state index in [0.29, 0.717) is 0 Å². The Labute approximate surface area is 158 Å². The van der Waals surface area contributed by atoms with Gasteiger partial charge in [-0.3, -0.25) is 4.98 Å². The first-order valence-corrected chi connectivity index (χ1v) is 9.20. The number of benzene rings is 2.